The molecule has 0 bridgehead atoms. The maximum Gasteiger partial charge on any atom is 0.256 e. The van der Waals surface area contributed by atoms with Gasteiger partial charge in [0.1, 0.15) is 11.8 Å². The molecule has 0 radical (unpaired) electrons. The van der Waals surface area contributed by atoms with E-state index in [1.54, 1.807) is 18.2 Å². The van der Waals surface area contributed by atoms with Gasteiger partial charge in [0.2, 0.25) is 0 Å². The van der Waals surface area contributed by atoms with E-state index in [0.717, 1.165) is 9.86 Å². The Hall–Kier alpha value is -1.60. The second-order valence-electron chi connectivity index (χ2n) is 2.83. The fraction of sp³-hybridized carbons (Fsp3) is 0. The maximum absolute atomic E-state index is 11.5. The zero-order valence-electron chi connectivity index (χ0n) is 7.04. The van der Waals surface area contributed by atoms with E-state index in [-0.39, 0.29) is 11.3 Å². The average molecular weight is 249 g/mol. The predicted molar refractivity (Wildman–Crippen MR) is 57.0 cm³/mol. The van der Waals surface area contributed by atoms with E-state index in [1.165, 1.54) is 0 Å². The molecule has 1 N–H and O–H groups in total. The van der Waals surface area contributed by atoms with Crippen LogP contribution in [0.2, 0.25) is 0 Å². The normalized spacial score (nSPS) is 10.0. The lowest BCUT2D eigenvalue weighted by atomic mass is 10.1. The quantitative estimate of drug-likeness (QED) is 0.777. The Bertz CT molecular complexity index is 595. The highest BCUT2D eigenvalue weighted by Gasteiger charge is 2.03. The number of H-pyrrole nitrogens is 1. The first-order chi connectivity index (χ1) is 6.72. The molecule has 2 aromatic rings. The Balaban J connectivity index is 3.00. The Morgan fingerprint density at radius 2 is 2.14 bits per heavy atom. The number of pyridine rings is 1. The van der Waals surface area contributed by atoms with Gasteiger partial charge in [-0.25, -0.2) is 0 Å². The molecule has 0 atom stereocenters. The van der Waals surface area contributed by atoms with Crippen LogP contribution in [-0.4, -0.2) is 4.98 Å². The highest BCUT2D eigenvalue weighted by molar-refractivity contribution is 9.10. The number of hydrogen-bond acceptors (Lipinski definition) is 2. The number of halogens is 1. The van der Waals surface area contributed by atoms with Gasteiger partial charge >= 0.3 is 0 Å². The fourth-order valence-electron chi connectivity index (χ4n) is 1.31. The SMILES string of the molecule is N#Cc1cc2c(Br)cccc2c(=O)[nH]1. The van der Waals surface area contributed by atoms with Gasteiger partial charge in [0, 0.05) is 15.2 Å². The Labute approximate surface area is 88.1 Å². The molecule has 0 aliphatic rings. The van der Waals surface area contributed by atoms with Crippen LogP contribution in [0.4, 0.5) is 0 Å². The van der Waals surface area contributed by atoms with E-state index in [2.05, 4.69) is 20.9 Å². The van der Waals surface area contributed by atoms with Crippen molar-refractivity contribution in [3.8, 4) is 6.07 Å². The molecule has 1 aromatic heterocycles. The Kier molecular flexibility index (Phi) is 2.10. The van der Waals surface area contributed by atoms with Crippen molar-refractivity contribution in [1.82, 2.24) is 4.98 Å². The van der Waals surface area contributed by atoms with Gasteiger partial charge in [0.15, 0.2) is 0 Å². The molecule has 0 amide bonds. The van der Waals surface area contributed by atoms with Crippen molar-refractivity contribution in [3.05, 3.63) is 44.8 Å². The van der Waals surface area contributed by atoms with Gasteiger partial charge in [-0.05, 0) is 18.2 Å². The van der Waals surface area contributed by atoms with Crippen LogP contribution in [0.1, 0.15) is 5.69 Å². The molecule has 0 aliphatic carbocycles. The van der Waals surface area contributed by atoms with E-state index < -0.39 is 0 Å². The van der Waals surface area contributed by atoms with E-state index in [4.69, 9.17) is 5.26 Å². The van der Waals surface area contributed by atoms with Gasteiger partial charge in [-0.1, -0.05) is 22.0 Å². The molecule has 0 spiro atoms. The maximum atomic E-state index is 11.5. The summed E-state index contributed by atoms with van der Waals surface area (Å²) in [4.78, 5) is 14.0. The standard InChI is InChI=1S/C10H5BrN2O/c11-9-3-1-2-7-8(9)4-6(5-12)13-10(7)14/h1-4H,(H,13,14). The monoisotopic (exact) mass is 248 g/mol. The zero-order chi connectivity index (χ0) is 10.1. The number of fused-ring (bicyclic) bond motifs is 1. The van der Waals surface area contributed by atoms with Crippen LogP contribution >= 0.6 is 15.9 Å². The Morgan fingerprint density at radius 1 is 1.36 bits per heavy atom. The first-order valence-corrected chi connectivity index (χ1v) is 4.73. The Morgan fingerprint density at radius 3 is 2.86 bits per heavy atom. The lowest BCUT2D eigenvalue weighted by Gasteiger charge is -1.99. The van der Waals surface area contributed by atoms with E-state index in [9.17, 15) is 4.79 Å². The van der Waals surface area contributed by atoms with Crippen molar-refractivity contribution >= 4 is 26.7 Å². The third-order valence-electron chi connectivity index (χ3n) is 1.95. The van der Waals surface area contributed by atoms with Gasteiger partial charge in [0.25, 0.3) is 5.56 Å². The zero-order valence-corrected chi connectivity index (χ0v) is 8.63. The van der Waals surface area contributed by atoms with Crippen molar-refractivity contribution in [2.45, 2.75) is 0 Å². The van der Waals surface area contributed by atoms with Gasteiger partial charge in [-0.3, -0.25) is 4.79 Å². The van der Waals surface area contributed by atoms with Crippen LogP contribution < -0.4 is 5.56 Å². The minimum Gasteiger partial charge on any atom is -0.313 e. The molecule has 1 heterocycles. The van der Waals surface area contributed by atoms with Crippen LogP contribution in [0, 0.1) is 11.3 Å². The third-order valence-corrected chi connectivity index (χ3v) is 2.65. The van der Waals surface area contributed by atoms with Crippen LogP contribution in [0.15, 0.2) is 33.5 Å². The molecule has 4 heteroatoms. The van der Waals surface area contributed by atoms with Crippen molar-refractivity contribution in [3.63, 3.8) is 0 Å². The van der Waals surface area contributed by atoms with Crippen molar-refractivity contribution in [1.29, 1.82) is 5.26 Å². The predicted octanol–water partition coefficient (Wildman–Crippen LogP) is 2.16. The number of benzene rings is 1. The molecule has 0 saturated carbocycles. The fourth-order valence-corrected chi connectivity index (χ4v) is 1.79. The van der Waals surface area contributed by atoms with Gasteiger partial charge in [-0.2, -0.15) is 5.26 Å². The lowest BCUT2D eigenvalue weighted by molar-refractivity contribution is 1.22. The minimum atomic E-state index is -0.236. The number of aromatic nitrogens is 1. The summed E-state index contributed by atoms with van der Waals surface area (Å²) < 4.78 is 0.817. The van der Waals surface area contributed by atoms with Crippen LogP contribution in [0.25, 0.3) is 10.8 Å². The van der Waals surface area contributed by atoms with Crippen LogP contribution in [0.3, 0.4) is 0 Å². The summed E-state index contributed by atoms with van der Waals surface area (Å²) >= 11 is 3.33. The van der Waals surface area contributed by atoms with Gasteiger partial charge in [0.05, 0.1) is 0 Å². The molecule has 0 aliphatic heterocycles. The highest BCUT2D eigenvalue weighted by Crippen LogP contribution is 2.21. The summed E-state index contributed by atoms with van der Waals surface area (Å²) in [6, 6.07) is 8.91. The molecule has 3 nitrogen and oxygen atoms in total. The summed E-state index contributed by atoms with van der Waals surface area (Å²) in [6.07, 6.45) is 0. The molecule has 0 fully saturated rings. The second-order valence-corrected chi connectivity index (χ2v) is 3.68. The lowest BCUT2D eigenvalue weighted by Crippen LogP contribution is -2.07. The summed E-state index contributed by atoms with van der Waals surface area (Å²) in [5.41, 5.74) is 0.0368. The average Bonchev–Trinajstić information content (AvgIpc) is 2.19. The number of aromatic amines is 1. The topological polar surface area (TPSA) is 56.6 Å². The summed E-state index contributed by atoms with van der Waals surface area (Å²) in [5, 5.41) is 10.0. The largest absolute Gasteiger partial charge is 0.313 e. The number of nitriles is 1. The molecule has 2 rings (SSSR count). The number of nitrogens with zero attached hydrogens (tertiary/aromatic N) is 1. The smallest absolute Gasteiger partial charge is 0.256 e. The molecule has 0 saturated heterocycles. The number of rotatable bonds is 0. The third kappa shape index (κ3) is 1.32. The molecule has 1 aromatic carbocycles. The van der Waals surface area contributed by atoms with Crippen LogP contribution in [-0.2, 0) is 0 Å². The van der Waals surface area contributed by atoms with Gasteiger partial charge < -0.3 is 4.98 Å². The number of nitrogens with one attached hydrogen (secondary N) is 1. The molecule has 14 heavy (non-hydrogen) atoms. The van der Waals surface area contributed by atoms with E-state index in [0.29, 0.717) is 5.39 Å². The molecular weight excluding hydrogens is 244 g/mol. The number of hydrogen-bond donors (Lipinski definition) is 1. The van der Waals surface area contributed by atoms with Crippen LogP contribution in [0.5, 0.6) is 0 Å². The van der Waals surface area contributed by atoms with Gasteiger partial charge in [-0.15, -0.1) is 0 Å². The summed E-state index contributed by atoms with van der Waals surface area (Å²) in [5.74, 6) is 0. The summed E-state index contributed by atoms with van der Waals surface area (Å²) in [7, 11) is 0. The van der Waals surface area contributed by atoms with Crippen molar-refractivity contribution in [2.24, 2.45) is 0 Å². The van der Waals surface area contributed by atoms with Crippen molar-refractivity contribution in [2.75, 3.05) is 0 Å². The van der Waals surface area contributed by atoms with Crippen molar-refractivity contribution < 1.29 is 0 Å². The van der Waals surface area contributed by atoms with E-state index in [1.807, 2.05) is 12.1 Å². The first kappa shape index (κ1) is 8.97. The highest BCUT2D eigenvalue weighted by atomic mass is 79.9. The summed E-state index contributed by atoms with van der Waals surface area (Å²) in [6.45, 7) is 0. The second kappa shape index (κ2) is 3.28. The minimum absolute atomic E-state index is 0.236. The first-order valence-electron chi connectivity index (χ1n) is 3.94. The molecule has 68 valence electrons. The molecule has 0 unspecified atom stereocenters. The molecular formula is C10H5BrN2O. The van der Waals surface area contributed by atoms with E-state index >= 15 is 0 Å².